The first kappa shape index (κ1) is 17.5. The maximum Gasteiger partial charge on any atom is 0.277 e. The molecule has 0 aliphatic carbocycles. The van der Waals surface area contributed by atoms with Gasteiger partial charge in [-0.05, 0) is 47.5 Å². The van der Waals surface area contributed by atoms with Gasteiger partial charge < -0.3 is 9.47 Å². The van der Waals surface area contributed by atoms with Crippen molar-refractivity contribution in [2.24, 2.45) is 5.10 Å². The zero-order chi connectivity index (χ0) is 18.2. The highest BCUT2D eigenvalue weighted by molar-refractivity contribution is 5.85. The molecular formula is C21H20N2O3. The third kappa shape index (κ3) is 4.83. The topological polar surface area (TPSA) is 59.9 Å². The molecule has 3 rings (SSSR count). The highest BCUT2D eigenvalue weighted by Gasteiger charge is 2.02. The van der Waals surface area contributed by atoms with E-state index in [0.29, 0.717) is 12.4 Å². The van der Waals surface area contributed by atoms with E-state index < -0.39 is 0 Å². The second-order valence-electron chi connectivity index (χ2n) is 5.60. The van der Waals surface area contributed by atoms with Crippen LogP contribution >= 0.6 is 0 Å². The van der Waals surface area contributed by atoms with Gasteiger partial charge in [-0.3, -0.25) is 4.79 Å². The Hall–Kier alpha value is -3.34. The van der Waals surface area contributed by atoms with Gasteiger partial charge >= 0.3 is 0 Å². The van der Waals surface area contributed by atoms with Crippen LogP contribution in [0.25, 0.3) is 10.8 Å². The number of rotatable bonds is 7. The van der Waals surface area contributed by atoms with Gasteiger partial charge in [0.15, 0.2) is 6.61 Å². The molecule has 0 saturated carbocycles. The second-order valence-corrected chi connectivity index (χ2v) is 5.60. The summed E-state index contributed by atoms with van der Waals surface area (Å²) in [5.41, 5.74) is 3.29. The van der Waals surface area contributed by atoms with Crippen LogP contribution in [-0.4, -0.2) is 25.3 Å². The number of carbonyl (C=O) groups is 1. The Morgan fingerprint density at radius 1 is 0.962 bits per heavy atom. The lowest BCUT2D eigenvalue weighted by atomic mass is 10.1. The number of hydrazone groups is 1. The third-order valence-corrected chi connectivity index (χ3v) is 3.66. The van der Waals surface area contributed by atoms with Gasteiger partial charge in [0.25, 0.3) is 5.91 Å². The number of ether oxygens (including phenoxy) is 2. The van der Waals surface area contributed by atoms with Crippen molar-refractivity contribution < 1.29 is 14.3 Å². The van der Waals surface area contributed by atoms with Crippen LogP contribution in [-0.2, 0) is 4.79 Å². The first-order valence-corrected chi connectivity index (χ1v) is 8.41. The maximum absolute atomic E-state index is 11.9. The van der Waals surface area contributed by atoms with Crippen molar-refractivity contribution in [2.75, 3.05) is 13.2 Å². The molecular weight excluding hydrogens is 328 g/mol. The summed E-state index contributed by atoms with van der Waals surface area (Å²) in [5.74, 6) is 1.09. The summed E-state index contributed by atoms with van der Waals surface area (Å²) in [7, 11) is 0. The lowest BCUT2D eigenvalue weighted by Crippen LogP contribution is -2.24. The van der Waals surface area contributed by atoms with Crippen LogP contribution in [0.4, 0.5) is 0 Å². The Kier molecular flexibility index (Phi) is 5.83. The molecule has 0 bridgehead atoms. The molecule has 1 amide bonds. The number of benzene rings is 3. The monoisotopic (exact) mass is 348 g/mol. The van der Waals surface area contributed by atoms with Crippen molar-refractivity contribution in [2.45, 2.75) is 6.92 Å². The molecule has 0 unspecified atom stereocenters. The van der Waals surface area contributed by atoms with Crippen LogP contribution in [0.15, 0.2) is 71.8 Å². The fraction of sp³-hybridized carbons (Fsp3) is 0.143. The summed E-state index contributed by atoms with van der Waals surface area (Å²) in [4.78, 5) is 11.9. The molecule has 3 aromatic rings. The number of carbonyl (C=O) groups excluding carboxylic acids is 1. The van der Waals surface area contributed by atoms with Gasteiger partial charge in [-0.15, -0.1) is 0 Å². The number of hydrogen-bond acceptors (Lipinski definition) is 4. The van der Waals surface area contributed by atoms with Crippen molar-refractivity contribution >= 4 is 22.9 Å². The van der Waals surface area contributed by atoms with Crippen LogP contribution in [0.2, 0.25) is 0 Å². The maximum atomic E-state index is 11.9. The van der Waals surface area contributed by atoms with Gasteiger partial charge in [0.05, 0.1) is 12.8 Å². The lowest BCUT2D eigenvalue weighted by molar-refractivity contribution is -0.123. The number of fused-ring (bicyclic) bond motifs is 1. The van der Waals surface area contributed by atoms with E-state index in [-0.39, 0.29) is 12.5 Å². The minimum Gasteiger partial charge on any atom is -0.494 e. The molecule has 0 saturated heterocycles. The molecule has 0 spiro atoms. The lowest BCUT2D eigenvalue weighted by Gasteiger charge is -2.06. The fourth-order valence-corrected chi connectivity index (χ4v) is 2.47. The Morgan fingerprint density at radius 3 is 2.62 bits per heavy atom. The van der Waals surface area contributed by atoms with Gasteiger partial charge in [0, 0.05) is 0 Å². The molecule has 3 aromatic carbocycles. The van der Waals surface area contributed by atoms with E-state index in [0.717, 1.165) is 22.1 Å². The molecule has 0 atom stereocenters. The molecule has 5 heteroatoms. The number of amides is 1. The molecule has 0 heterocycles. The first-order valence-electron chi connectivity index (χ1n) is 8.41. The predicted octanol–water partition coefficient (Wildman–Crippen LogP) is 3.77. The summed E-state index contributed by atoms with van der Waals surface area (Å²) in [6, 6.07) is 21.2. The quantitative estimate of drug-likeness (QED) is 0.522. The zero-order valence-electron chi connectivity index (χ0n) is 14.5. The normalized spacial score (nSPS) is 10.8. The van der Waals surface area contributed by atoms with Crippen LogP contribution in [0.3, 0.4) is 0 Å². The summed E-state index contributed by atoms with van der Waals surface area (Å²) in [6.07, 6.45) is 1.57. The third-order valence-electron chi connectivity index (χ3n) is 3.66. The molecule has 132 valence electrons. The largest absolute Gasteiger partial charge is 0.494 e. The molecule has 0 radical (unpaired) electrons. The number of hydrogen-bond donors (Lipinski definition) is 1. The standard InChI is InChI=1S/C21H20N2O3/c1-2-25-19-9-5-6-16(12-19)14-22-23-21(24)15-26-20-11-10-17-7-3-4-8-18(17)13-20/h3-14H,2,15H2,1H3,(H,23,24)/b22-14+. The minimum absolute atomic E-state index is 0.103. The highest BCUT2D eigenvalue weighted by atomic mass is 16.5. The summed E-state index contributed by atoms with van der Waals surface area (Å²) < 4.78 is 10.9. The van der Waals surface area contributed by atoms with Crippen LogP contribution in [0.1, 0.15) is 12.5 Å². The molecule has 0 aliphatic rings. The van der Waals surface area contributed by atoms with Crippen molar-refractivity contribution in [1.82, 2.24) is 5.43 Å². The number of nitrogens with zero attached hydrogens (tertiary/aromatic N) is 1. The molecule has 0 aromatic heterocycles. The number of nitrogens with one attached hydrogen (secondary N) is 1. The van der Waals surface area contributed by atoms with Gasteiger partial charge in [-0.25, -0.2) is 5.43 Å². The van der Waals surface area contributed by atoms with Crippen molar-refractivity contribution in [3.63, 3.8) is 0 Å². The van der Waals surface area contributed by atoms with E-state index in [4.69, 9.17) is 9.47 Å². The predicted molar refractivity (Wildman–Crippen MR) is 103 cm³/mol. The molecule has 0 aliphatic heterocycles. The second kappa shape index (κ2) is 8.67. The zero-order valence-corrected chi connectivity index (χ0v) is 14.5. The first-order chi connectivity index (χ1) is 12.7. The summed E-state index contributed by atoms with van der Waals surface area (Å²) >= 11 is 0. The fourth-order valence-electron chi connectivity index (χ4n) is 2.47. The van der Waals surface area contributed by atoms with Gasteiger partial charge in [-0.1, -0.05) is 42.5 Å². The highest BCUT2D eigenvalue weighted by Crippen LogP contribution is 2.20. The van der Waals surface area contributed by atoms with E-state index in [1.807, 2.05) is 73.7 Å². The SMILES string of the molecule is CCOc1cccc(/C=N/NC(=O)COc2ccc3ccccc3c2)c1. The van der Waals surface area contributed by atoms with Crippen molar-refractivity contribution in [1.29, 1.82) is 0 Å². The Morgan fingerprint density at radius 2 is 1.77 bits per heavy atom. The Labute approximate surface area is 152 Å². The molecule has 1 N–H and O–H groups in total. The van der Waals surface area contributed by atoms with E-state index >= 15 is 0 Å². The summed E-state index contributed by atoms with van der Waals surface area (Å²) in [6.45, 7) is 2.43. The van der Waals surface area contributed by atoms with Crippen LogP contribution in [0.5, 0.6) is 11.5 Å². The van der Waals surface area contributed by atoms with Gasteiger partial charge in [-0.2, -0.15) is 5.10 Å². The smallest absolute Gasteiger partial charge is 0.277 e. The van der Waals surface area contributed by atoms with Crippen LogP contribution < -0.4 is 14.9 Å². The van der Waals surface area contributed by atoms with E-state index in [1.165, 1.54) is 0 Å². The van der Waals surface area contributed by atoms with E-state index in [2.05, 4.69) is 10.5 Å². The molecule has 0 fully saturated rings. The van der Waals surface area contributed by atoms with Crippen LogP contribution in [0, 0.1) is 0 Å². The minimum atomic E-state index is -0.324. The van der Waals surface area contributed by atoms with Crippen molar-refractivity contribution in [3.8, 4) is 11.5 Å². The molecule has 26 heavy (non-hydrogen) atoms. The Bertz CT molecular complexity index is 922. The van der Waals surface area contributed by atoms with E-state index in [9.17, 15) is 4.79 Å². The Balaban J connectivity index is 1.51. The average Bonchev–Trinajstić information content (AvgIpc) is 2.67. The average molecular weight is 348 g/mol. The van der Waals surface area contributed by atoms with E-state index in [1.54, 1.807) is 6.21 Å². The molecule has 5 nitrogen and oxygen atoms in total. The van der Waals surface area contributed by atoms with Crippen molar-refractivity contribution in [3.05, 3.63) is 72.3 Å². The van der Waals surface area contributed by atoms with Gasteiger partial charge in [0.2, 0.25) is 0 Å². The summed E-state index contributed by atoms with van der Waals surface area (Å²) in [5, 5.41) is 6.14. The van der Waals surface area contributed by atoms with Gasteiger partial charge in [0.1, 0.15) is 11.5 Å².